The molecule has 1 unspecified atom stereocenters. The van der Waals surface area contributed by atoms with Crippen LogP contribution in [0.4, 0.5) is 4.39 Å². The number of nitrogens with two attached hydrogens (primary N) is 1. The summed E-state index contributed by atoms with van der Waals surface area (Å²) in [6, 6.07) is 8.53. The quantitative estimate of drug-likeness (QED) is 0.880. The highest BCUT2D eigenvalue weighted by atomic mass is 19.1. The van der Waals surface area contributed by atoms with Gasteiger partial charge in [0.2, 0.25) is 0 Å². The van der Waals surface area contributed by atoms with Crippen molar-refractivity contribution in [3.05, 3.63) is 59.7 Å². The lowest BCUT2D eigenvalue weighted by Crippen LogP contribution is -2.21. The van der Waals surface area contributed by atoms with E-state index in [1.165, 1.54) is 12.1 Å². The molecule has 106 valence electrons. The topological polar surface area (TPSA) is 48.1 Å². The van der Waals surface area contributed by atoms with Crippen molar-refractivity contribution >= 4 is 0 Å². The summed E-state index contributed by atoms with van der Waals surface area (Å²) in [6.45, 7) is 2.41. The Bertz CT molecular complexity index is 545. The molecule has 0 saturated carbocycles. The van der Waals surface area contributed by atoms with Gasteiger partial charge in [-0.05, 0) is 48.2 Å². The highest BCUT2D eigenvalue weighted by Crippen LogP contribution is 2.19. The minimum atomic E-state index is -0.296. The SMILES string of the molecule is CCC(N)Cc1cc(F)cc(OCc2ccncc2)c1. The molecule has 1 heterocycles. The molecular weight excluding hydrogens is 255 g/mol. The van der Waals surface area contributed by atoms with Gasteiger partial charge in [-0.2, -0.15) is 0 Å². The molecule has 1 atom stereocenters. The van der Waals surface area contributed by atoms with E-state index in [9.17, 15) is 4.39 Å². The zero-order valence-electron chi connectivity index (χ0n) is 11.6. The van der Waals surface area contributed by atoms with Crippen molar-refractivity contribution in [3.63, 3.8) is 0 Å². The van der Waals surface area contributed by atoms with E-state index in [1.54, 1.807) is 12.4 Å². The molecule has 4 heteroatoms. The first-order chi connectivity index (χ1) is 9.67. The molecule has 0 fully saturated rings. The molecule has 0 aliphatic heterocycles. The van der Waals surface area contributed by atoms with Crippen LogP contribution in [0.25, 0.3) is 0 Å². The van der Waals surface area contributed by atoms with Gasteiger partial charge in [0, 0.05) is 24.5 Å². The van der Waals surface area contributed by atoms with E-state index in [0.717, 1.165) is 17.5 Å². The molecule has 0 bridgehead atoms. The van der Waals surface area contributed by atoms with Gasteiger partial charge in [0.15, 0.2) is 0 Å². The fourth-order valence-electron chi connectivity index (χ4n) is 1.91. The average Bonchev–Trinajstić information content (AvgIpc) is 2.45. The van der Waals surface area contributed by atoms with Crippen molar-refractivity contribution < 1.29 is 9.13 Å². The Morgan fingerprint density at radius 3 is 2.65 bits per heavy atom. The van der Waals surface area contributed by atoms with E-state index in [-0.39, 0.29) is 11.9 Å². The van der Waals surface area contributed by atoms with Gasteiger partial charge in [0.1, 0.15) is 18.2 Å². The third-order valence-electron chi connectivity index (χ3n) is 3.11. The smallest absolute Gasteiger partial charge is 0.127 e. The summed E-state index contributed by atoms with van der Waals surface area (Å²) in [4.78, 5) is 3.94. The Labute approximate surface area is 118 Å². The molecule has 2 aromatic rings. The molecule has 2 N–H and O–H groups in total. The molecule has 0 aliphatic carbocycles. The second kappa shape index (κ2) is 7.01. The summed E-state index contributed by atoms with van der Waals surface area (Å²) < 4.78 is 19.2. The highest BCUT2D eigenvalue weighted by molar-refractivity contribution is 5.30. The van der Waals surface area contributed by atoms with E-state index in [4.69, 9.17) is 10.5 Å². The Morgan fingerprint density at radius 1 is 1.20 bits per heavy atom. The van der Waals surface area contributed by atoms with Crippen LogP contribution in [0.2, 0.25) is 0 Å². The maximum Gasteiger partial charge on any atom is 0.127 e. The Morgan fingerprint density at radius 2 is 1.95 bits per heavy atom. The molecule has 1 aromatic carbocycles. The van der Waals surface area contributed by atoms with Gasteiger partial charge < -0.3 is 10.5 Å². The average molecular weight is 274 g/mol. The monoisotopic (exact) mass is 274 g/mol. The number of benzene rings is 1. The summed E-state index contributed by atoms with van der Waals surface area (Å²) in [5.41, 5.74) is 7.76. The van der Waals surface area contributed by atoms with E-state index in [2.05, 4.69) is 4.98 Å². The third-order valence-corrected chi connectivity index (χ3v) is 3.11. The fourth-order valence-corrected chi connectivity index (χ4v) is 1.91. The number of hydrogen-bond acceptors (Lipinski definition) is 3. The normalized spacial score (nSPS) is 12.2. The summed E-state index contributed by atoms with van der Waals surface area (Å²) in [5.74, 6) is 0.232. The lowest BCUT2D eigenvalue weighted by atomic mass is 10.0. The summed E-state index contributed by atoms with van der Waals surface area (Å²) >= 11 is 0. The Hall–Kier alpha value is -1.94. The van der Waals surface area contributed by atoms with E-state index >= 15 is 0 Å². The van der Waals surface area contributed by atoms with Crippen LogP contribution < -0.4 is 10.5 Å². The van der Waals surface area contributed by atoms with Gasteiger partial charge in [-0.15, -0.1) is 0 Å². The maximum atomic E-state index is 13.6. The molecular formula is C16H19FN2O. The molecule has 0 amide bonds. The lowest BCUT2D eigenvalue weighted by Gasteiger charge is -2.11. The fraction of sp³-hybridized carbons (Fsp3) is 0.312. The van der Waals surface area contributed by atoms with Gasteiger partial charge >= 0.3 is 0 Å². The zero-order valence-corrected chi connectivity index (χ0v) is 11.6. The van der Waals surface area contributed by atoms with Gasteiger partial charge in [0.25, 0.3) is 0 Å². The predicted octanol–water partition coefficient (Wildman–Crippen LogP) is 3.08. The van der Waals surface area contributed by atoms with Crippen LogP contribution in [0.15, 0.2) is 42.7 Å². The molecule has 0 aliphatic rings. The second-order valence-electron chi connectivity index (χ2n) is 4.81. The van der Waals surface area contributed by atoms with Gasteiger partial charge in [0.05, 0.1) is 0 Å². The van der Waals surface area contributed by atoms with Crippen molar-refractivity contribution in [3.8, 4) is 5.75 Å². The summed E-state index contributed by atoms with van der Waals surface area (Å²) in [7, 11) is 0. The van der Waals surface area contributed by atoms with Crippen molar-refractivity contribution in [2.75, 3.05) is 0 Å². The molecule has 2 rings (SSSR count). The number of hydrogen-bond donors (Lipinski definition) is 1. The van der Waals surface area contributed by atoms with Crippen LogP contribution in [-0.4, -0.2) is 11.0 Å². The first kappa shape index (κ1) is 14.5. The van der Waals surface area contributed by atoms with E-state index in [0.29, 0.717) is 18.8 Å². The maximum absolute atomic E-state index is 13.6. The van der Waals surface area contributed by atoms with Crippen LogP contribution >= 0.6 is 0 Å². The van der Waals surface area contributed by atoms with Crippen molar-refractivity contribution in [2.45, 2.75) is 32.4 Å². The molecule has 0 radical (unpaired) electrons. The molecule has 3 nitrogen and oxygen atoms in total. The summed E-state index contributed by atoms with van der Waals surface area (Å²) in [6.07, 6.45) is 4.93. The number of nitrogens with zero attached hydrogens (tertiary/aromatic N) is 1. The van der Waals surface area contributed by atoms with Crippen molar-refractivity contribution in [2.24, 2.45) is 5.73 Å². The van der Waals surface area contributed by atoms with Crippen LogP contribution in [0.3, 0.4) is 0 Å². The van der Waals surface area contributed by atoms with Crippen LogP contribution in [0, 0.1) is 5.82 Å². The largest absolute Gasteiger partial charge is 0.489 e. The van der Waals surface area contributed by atoms with Gasteiger partial charge in [-0.25, -0.2) is 4.39 Å². The van der Waals surface area contributed by atoms with Crippen LogP contribution in [0.1, 0.15) is 24.5 Å². The van der Waals surface area contributed by atoms with Gasteiger partial charge in [-0.1, -0.05) is 6.92 Å². The van der Waals surface area contributed by atoms with Crippen LogP contribution in [0.5, 0.6) is 5.75 Å². The number of pyridine rings is 1. The zero-order chi connectivity index (χ0) is 14.4. The first-order valence-corrected chi connectivity index (χ1v) is 6.74. The molecule has 0 spiro atoms. The second-order valence-corrected chi connectivity index (χ2v) is 4.81. The lowest BCUT2D eigenvalue weighted by molar-refractivity contribution is 0.304. The number of rotatable bonds is 6. The summed E-state index contributed by atoms with van der Waals surface area (Å²) in [5, 5.41) is 0. The number of aromatic nitrogens is 1. The molecule has 1 aromatic heterocycles. The highest BCUT2D eigenvalue weighted by Gasteiger charge is 2.06. The van der Waals surface area contributed by atoms with Crippen molar-refractivity contribution in [1.29, 1.82) is 0 Å². The predicted molar refractivity (Wildman–Crippen MR) is 76.9 cm³/mol. The molecule has 0 saturated heterocycles. The first-order valence-electron chi connectivity index (χ1n) is 6.74. The van der Waals surface area contributed by atoms with E-state index in [1.807, 2.05) is 25.1 Å². The number of ether oxygens (including phenoxy) is 1. The minimum absolute atomic E-state index is 0.0462. The Balaban J connectivity index is 2.04. The van der Waals surface area contributed by atoms with Crippen molar-refractivity contribution in [1.82, 2.24) is 4.98 Å². The number of halogens is 1. The van der Waals surface area contributed by atoms with E-state index < -0.39 is 0 Å². The molecule has 20 heavy (non-hydrogen) atoms. The van der Waals surface area contributed by atoms with Crippen LogP contribution in [-0.2, 0) is 13.0 Å². The standard InChI is InChI=1S/C16H19FN2O/c1-2-15(18)8-13-7-14(17)10-16(9-13)20-11-12-3-5-19-6-4-12/h3-7,9-10,15H,2,8,11,18H2,1H3. The third kappa shape index (κ3) is 4.31. The Kier molecular flexibility index (Phi) is 5.07. The van der Waals surface area contributed by atoms with Gasteiger partial charge in [-0.3, -0.25) is 4.98 Å². The minimum Gasteiger partial charge on any atom is -0.489 e.